The fourth-order valence-corrected chi connectivity index (χ4v) is 3.75. The van der Waals surface area contributed by atoms with Gasteiger partial charge in [0.25, 0.3) is 0 Å². The Morgan fingerprint density at radius 1 is 1.07 bits per heavy atom. The van der Waals surface area contributed by atoms with Gasteiger partial charge in [0.2, 0.25) is 5.89 Å². The molecule has 2 heterocycles. The number of likely N-dealkylation sites (N-methyl/N-ethyl adjacent to an activating group) is 1. The van der Waals surface area contributed by atoms with Crippen molar-refractivity contribution in [2.45, 2.75) is 19.5 Å². The Balaban J connectivity index is 1.48. The topological polar surface area (TPSA) is 41.7 Å². The number of nitrogens with zero attached hydrogens (tertiary/aromatic N) is 3. The van der Waals surface area contributed by atoms with Gasteiger partial charge in [0, 0.05) is 37.8 Å². The van der Waals surface area contributed by atoms with Crippen molar-refractivity contribution in [1.29, 1.82) is 0 Å². The minimum atomic E-state index is 0.406. The van der Waals surface area contributed by atoms with E-state index in [9.17, 15) is 0 Å². The number of piperazine rings is 1. The smallest absolute Gasteiger partial charge is 0.226 e. The van der Waals surface area contributed by atoms with Gasteiger partial charge in [-0.25, -0.2) is 4.98 Å². The van der Waals surface area contributed by atoms with Gasteiger partial charge < -0.3 is 9.15 Å². The highest BCUT2D eigenvalue weighted by atomic mass is 16.5. The second-order valence-electron chi connectivity index (χ2n) is 7.39. The lowest BCUT2D eigenvalue weighted by molar-refractivity contribution is 0.0894. The SMILES string of the molecule is COc1ccc(-c2nc(CN3CCN(C)C(c4ccccc4)C3)c(C)o2)cc1. The number of aryl methyl sites for hydroxylation is 1. The van der Waals surface area contributed by atoms with Gasteiger partial charge in [-0.15, -0.1) is 0 Å². The Hall–Kier alpha value is -2.63. The van der Waals surface area contributed by atoms with E-state index in [2.05, 4.69) is 47.2 Å². The molecule has 146 valence electrons. The van der Waals surface area contributed by atoms with Gasteiger partial charge >= 0.3 is 0 Å². The molecule has 1 fully saturated rings. The molecule has 5 heteroatoms. The third kappa shape index (κ3) is 3.96. The van der Waals surface area contributed by atoms with Gasteiger partial charge in [-0.2, -0.15) is 0 Å². The third-order valence-electron chi connectivity index (χ3n) is 5.52. The average molecular weight is 377 g/mol. The van der Waals surface area contributed by atoms with Crippen molar-refractivity contribution in [3.05, 3.63) is 71.6 Å². The summed E-state index contributed by atoms with van der Waals surface area (Å²) < 4.78 is 11.2. The van der Waals surface area contributed by atoms with Crippen LogP contribution in [0.1, 0.15) is 23.1 Å². The Bertz CT molecular complexity index is 905. The summed E-state index contributed by atoms with van der Waals surface area (Å²) in [6.45, 7) is 5.87. The molecule has 5 nitrogen and oxygen atoms in total. The fraction of sp³-hybridized carbons (Fsp3) is 0.348. The molecule has 1 atom stereocenters. The molecule has 3 aromatic rings. The van der Waals surface area contributed by atoms with Gasteiger partial charge in [0.1, 0.15) is 11.5 Å². The first-order valence-corrected chi connectivity index (χ1v) is 9.72. The predicted octanol–water partition coefficient (Wildman–Crippen LogP) is 4.15. The summed E-state index contributed by atoms with van der Waals surface area (Å²) in [5, 5.41) is 0. The zero-order chi connectivity index (χ0) is 19.5. The molecule has 2 aromatic carbocycles. The van der Waals surface area contributed by atoms with Crippen molar-refractivity contribution in [3.63, 3.8) is 0 Å². The number of hydrogen-bond donors (Lipinski definition) is 0. The standard InChI is InChI=1S/C23H27N3O2/c1-17-21(24-23(28-17)19-9-11-20(27-3)12-10-19)15-26-14-13-25(2)22(16-26)18-7-5-4-6-8-18/h4-12,22H,13-16H2,1-3H3. The number of rotatable bonds is 5. The number of methoxy groups -OCH3 is 1. The number of oxazole rings is 1. The largest absolute Gasteiger partial charge is 0.497 e. The van der Waals surface area contributed by atoms with E-state index in [4.69, 9.17) is 14.1 Å². The van der Waals surface area contributed by atoms with Gasteiger partial charge in [0.05, 0.1) is 12.8 Å². The number of hydrogen-bond acceptors (Lipinski definition) is 5. The van der Waals surface area contributed by atoms with E-state index in [0.29, 0.717) is 11.9 Å². The lowest BCUT2D eigenvalue weighted by Gasteiger charge is -2.39. The van der Waals surface area contributed by atoms with Crippen LogP contribution in [0.3, 0.4) is 0 Å². The normalized spacial score (nSPS) is 18.3. The van der Waals surface area contributed by atoms with Crippen molar-refractivity contribution >= 4 is 0 Å². The molecule has 0 bridgehead atoms. The van der Waals surface area contributed by atoms with E-state index < -0.39 is 0 Å². The summed E-state index contributed by atoms with van der Waals surface area (Å²) in [6, 6.07) is 19.0. The Morgan fingerprint density at radius 2 is 1.82 bits per heavy atom. The molecule has 28 heavy (non-hydrogen) atoms. The zero-order valence-electron chi connectivity index (χ0n) is 16.8. The van der Waals surface area contributed by atoms with Crippen LogP contribution >= 0.6 is 0 Å². The summed E-state index contributed by atoms with van der Waals surface area (Å²) >= 11 is 0. The van der Waals surface area contributed by atoms with Crippen molar-refractivity contribution in [2.75, 3.05) is 33.8 Å². The van der Waals surface area contributed by atoms with Crippen molar-refractivity contribution in [3.8, 4) is 17.2 Å². The molecule has 1 aromatic heterocycles. The molecule has 0 N–H and O–H groups in total. The van der Waals surface area contributed by atoms with Crippen LogP contribution in [0, 0.1) is 6.92 Å². The summed E-state index contributed by atoms with van der Waals surface area (Å²) in [6.07, 6.45) is 0. The maximum Gasteiger partial charge on any atom is 0.226 e. The summed E-state index contributed by atoms with van der Waals surface area (Å²) in [5.74, 6) is 2.39. The molecule has 0 amide bonds. The Kier molecular flexibility index (Phi) is 5.46. The third-order valence-corrected chi connectivity index (χ3v) is 5.52. The summed E-state index contributed by atoms with van der Waals surface area (Å²) in [4.78, 5) is 9.69. The lowest BCUT2D eigenvalue weighted by atomic mass is 10.0. The highest BCUT2D eigenvalue weighted by molar-refractivity contribution is 5.55. The maximum atomic E-state index is 5.96. The molecule has 1 unspecified atom stereocenters. The van der Waals surface area contributed by atoms with E-state index >= 15 is 0 Å². The minimum absolute atomic E-state index is 0.406. The lowest BCUT2D eigenvalue weighted by Crippen LogP contribution is -2.46. The van der Waals surface area contributed by atoms with Gasteiger partial charge in [-0.3, -0.25) is 9.80 Å². The molecular formula is C23H27N3O2. The maximum absolute atomic E-state index is 5.96. The zero-order valence-corrected chi connectivity index (χ0v) is 16.8. The molecular weight excluding hydrogens is 350 g/mol. The van der Waals surface area contributed by atoms with Crippen molar-refractivity contribution in [1.82, 2.24) is 14.8 Å². The van der Waals surface area contributed by atoms with Gasteiger partial charge in [-0.05, 0) is 43.8 Å². The van der Waals surface area contributed by atoms with E-state index in [-0.39, 0.29) is 0 Å². The van der Waals surface area contributed by atoms with Crippen LogP contribution in [0.5, 0.6) is 5.75 Å². The number of benzene rings is 2. The second kappa shape index (κ2) is 8.17. The molecule has 1 aliphatic heterocycles. The van der Waals surface area contributed by atoms with Crippen LogP contribution in [-0.4, -0.2) is 48.6 Å². The fourth-order valence-electron chi connectivity index (χ4n) is 3.75. The number of aromatic nitrogens is 1. The molecule has 0 aliphatic carbocycles. The quantitative estimate of drug-likeness (QED) is 0.668. The van der Waals surface area contributed by atoms with E-state index in [1.165, 1.54) is 5.56 Å². The Morgan fingerprint density at radius 3 is 2.54 bits per heavy atom. The van der Waals surface area contributed by atoms with Crippen molar-refractivity contribution < 1.29 is 9.15 Å². The molecule has 0 radical (unpaired) electrons. The minimum Gasteiger partial charge on any atom is -0.497 e. The van der Waals surface area contributed by atoms with Crippen LogP contribution in [0.25, 0.3) is 11.5 Å². The van der Waals surface area contributed by atoms with E-state index in [0.717, 1.165) is 48.9 Å². The van der Waals surface area contributed by atoms with Gasteiger partial charge in [-0.1, -0.05) is 30.3 Å². The highest BCUT2D eigenvalue weighted by Crippen LogP contribution is 2.27. The molecule has 4 rings (SSSR count). The van der Waals surface area contributed by atoms with E-state index in [1.54, 1.807) is 7.11 Å². The summed E-state index contributed by atoms with van der Waals surface area (Å²) in [5.41, 5.74) is 3.35. The molecule has 1 aliphatic rings. The van der Waals surface area contributed by atoms with Crippen molar-refractivity contribution in [2.24, 2.45) is 0 Å². The van der Waals surface area contributed by atoms with Crippen LogP contribution in [0.15, 0.2) is 59.0 Å². The van der Waals surface area contributed by atoms with Crippen LogP contribution in [-0.2, 0) is 6.54 Å². The monoisotopic (exact) mass is 377 g/mol. The first-order chi connectivity index (χ1) is 13.6. The first kappa shape index (κ1) is 18.7. The average Bonchev–Trinajstić information content (AvgIpc) is 3.10. The predicted molar refractivity (Wildman–Crippen MR) is 110 cm³/mol. The first-order valence-electron chi connectivity index (χ1n) is 9.72. The highest BCUT2D eigenvalue weighted by Gasteiger charge is 2.26. The molecule has 1 saturated heterocycles. The molecule has 0 saturated carbocycles. The van der Waals surface area contributed by atoms with Crippen LogP contribution in [0.2, 0.25) is 0 Å². The number of ether oxygens (including phenoxy) is 1. The van der Waals surface area contributed by atoms with Crippen LogP contribution < -0.4 is 4.74 Å². The van der Waals surface area contributed by atoms with E-state index in [1.807, 2.05) is 31.2 Å². The van der Waals surface area contributed by atoms with Gasteiger partial charge in [0.15, 0.2) is 0 Å². The Labute approximate surface area is 166 Å². The summed E-state index contributed by atoms with van der Waals surface area (Å²) in [7, 11) is 3.87. The van der Waals surface area contributed by atoms with Crippen LogP contribution in [0.4, 0.5) is 0 Å². The molecule has 0 spiro atoms. The second-order valence-corrected chi connectivity index (χ2v) is 7.39.